The van der Waals surface area contributed by atoms with Gasteiger partial charge in [0.15, 0.2) is 0 Å². The Bertz CT molecular complexity index is 1640. The van der Waals surface area contributed by atoms with Crippen molar-refractivity contribution in [1.82, 2.24) is 24.9 Å². The lowest BCUT2D eigenvalue weighted by Gasteiger charge is -2.53. The van der Waals surface area contributed by atoms with E-state index in [1.807, 2.05) is 105 Å². The standard InChI is InChI=1S/C40H47N5O5/c1-29(2)27-41-36(46)26-34(38(47)43-24-22-42(23-25-43)21-20-31-14-8-4-9-15-31)44-33(19-18-30-12-6-3-7-13-30)37(39(44)48)45-35(28-50-40(45)49)32-16-10-5-11-17-32/h3-19,29,33-35,37H,20-28H2,1-2H3,(H,41,46)/b19-18+/t33-,34+,35-,37+/m1/s1. The van der Waals surface area contributed by atoms with Crippen LogP contribution in [0.3, 0.4) is 0 Å². The lowest BCUT2D eigenvalue weighted by atomic mass is 9.87. The van der Waals surface area contributed by atoms with E-state index in [2.05, 4.69) is 22.3 Å². The Morgan fingerprint density at radius 2 is 1.52 bits per heavy atom. The molecule has 3 aromatic rings. The number of likely N-dealkylation sites (tertiary alicyclic amines) is 1. The number of nitrogens with one attached hydrogen (secondary N) is 1. The van der Waals surface area contributed by atoms with Gasteiger partial charge in [-0.25, -0.2) is 4.79 Å². The summed E-state index contributed by atoms with van der Waals surface area (Å²) in [7, 11) is 0. The molecule has 4 amide bonds. The number of cyclic esters (lactones) is 1. The van der Waals surface area contributed by atoms with E-state index < -0.39 is 30.3 Å². The van der Waals surface area contributed by atoms with Crippen molar-refractivity contribution in [1.29, 1.82) is 0 Å². The zero-order chi connectivity index (χ0) is 35.0. The predicted molar refractivity (Wildman–Crippen MR) is 192 cm³/mol. The maximum atomic E-state index is 14.4. The number of hydrogen-bond acceptors (Lipinski definition) is 6. The molecule has 6 rings (SSSR count). The second kappa shape index (κ2) is 16.2. The molecule has 0 spiro atoms. The van der Waals surface area contributed by atoms with E-state index in [-0.39, 0.29) is 36.7 Å². The highest BCUT2D eigenvalue weighted by atomic mass is 16.6. The van der Waals surface area contributed by atoms with E-state index >= 15 is 0 Å². The highest BCUT2D eigenvalue weighted by Crippen LogP contribution is 2.39. The van der Waals surface area contributed by atoms with Crippen LogP contribution >= 0.6 is 0 Å². The molecule has 3 fully saturated rings. The van der Waals surface area contributed by atoms with Gasteiger partial charge in [-0.2, -0.15) is 0 Å². The molecule has 0 unspecified atom stereocenters. The molecule has 3 aromatic carbocycles. The minimum atomic E-state index is -1.03. The van der Waals surface area contributed by atoms with E-state index in [4.69, 9.17) is 4.74 Å². The number of β-lactam (4-membered cyclic amide) rings is 1. The fraction of sp³-hybridized carbons (Fsp3) is 0.400. The first-order chi connectivity index (χ1) is 24.3. The van der Waals surface area contributed by atoms with Gasteiger partial charge < -0.3 is 19.9 Å². The molecule has 1 N–H and O–H groups in total. The van der Waals surface area contributed by atoms with Gasteiger partial charge in [0, 0.05) is 39.3 Å². The van der Waals surface area contributed by atoms with E-state index in [0.29, 0.717) is 32.7 Å². The zero-order valence-corrected chi connectivity index (χ0v) is 28.9. The van der Waals surface area contributed by atoms with E-state index in [0.717, 1.165) is 24.1 Å². The third-order valence-electron chi connectivity index (χ3n) is 9.78. The van der Waals surface area contributed by atoms with Crippen LogP contribution in [0, 0.1) is 5.92 Å². The number of carbonyl (C=O) groups excluding carboxylic acids is 4. The molecule has 50 heavy (non-hydrogen) atoms. The molecule has 3 heterocycles. The summed E-state index contributed by atoms with van der Waals surface area (Å²) in [5.74, 6) is -0.682. The Labute approximate surface area is 294 Å². The molecule has 3 aliphatic heterocycles. The largest absolute Gasteiger partial charge is 0.447 e. The quantitative estimate of drug-likeness (QED) is 0.270. The van der Waals surface area contributed by atoms with Gasteiger partial charge in [0.05, 0.1) is 18.5 Å². The molecule has 3 saturated heterocycles. The first-order valence-corrected chi connectivity index (χ1v) is 17.7. The fourth-order valence-corrected chi connectivity index (χ4v) is 7.01. The third-order valence-corrected chi connectivity index (χ3v) is 9.78. The molecular formula is C40H47N5O5. The number of amides is 4. The molecule has 4 atom stereocenters. The third kappa shape index (κ3) is 8.08. The van der Waals surface area contributed by atoms with Gasteiger partial charge in [0.2, 0.25) is 17.7 Å². The molecule has 0 bridgehead atoms. The summed E-state index contributed by atoms with van der Waals surface area (Å²) in [4.78, 5) is 62.6. The van der Waals surface area contributed by atoms with Crippen molar-refractivity contribution in [3.05, 3.63) is 114 Å². The second-order valence-corrected chi connectivity index (χ2v) is 13.7. The van der Waals surface area contributed by atoms with Crippen molar-refractivity contribution in [3.8, 4) is 0 Å². The summed E-state index contributed by atoms with van der Waals surface area (Å²) in [5, 5.41) is 2.94. The highest BCUT2D eigenvalue weighted by molar-refractivity contribution is 5.99. The van der Waals surface area contributed by atoms with Crippen LogP contribution in [0.1, 0.15) is 43.0 Å². The Balaban J connectivity index is 1.25. The predicted octanol–water partition coefficient (Wildman–Crippen LogP) is 4.39. The number of ether oxygens (including phenoxy) is 1. The topological polar surface area (TPSA) is 103 Å². The molecule has 0 saturated carbocycles. The van der Waals surface area contributed by atoms with Crippen molar-refractivity contribution >= 4 is 29.9 Å². The fourth-order valence-electron chi connectivity index (χ4n) is 7.01. The number of hydrogen-bond donors (Lipinski definition) is 1. The van der Waals surface area contributed by atoms with Gasteiger partial charge >= 0.3 is 6.09 Å². The van der Waals surface area contributed by atoms with Gasteiger partial charge in [-0.3, -0.25) is 24.2 Å². The maximum absolute atomic E-state index is 14.4. The lowest BCUT2D eigenvalue weighted by Crippen LogP contribution is -2.74. The number of rotatable bonds is 13. The first-order valence-electron chi connectivity index (χ1n) is 17.7. The Morgan fingerprint density at radius 1 is 0.880 bits per heavy atom. The van der Waals surface area contributed by atoms with Crippen LogP contribution < -0.4 is 5.32 Å². The molecule has 10 heteroatoms. The monoisotopic (exact) mass is 677 g/mol. The number of piperazine rings is 1. The summed E-state index contributed by atoms with van der Waals surface area (Å²) < 4.78 is 5.51. The Morgan fingerprint density at radius 3 is 2.18 bits per heavy atom. The average Bonchev–Trinajstić information content (AvgIpc) is 3.52. The highest BCUT2D eigenvalue weighted by Gasteiger charge is 2.58. The van der Waals surface area contributed by atoms with Crippen LogP contribution in [0.2, 0.25) is 0 Å². The summed E-state index contributed by atoms with van der Waals surface area (Å²) in [5.41, 5.74) is 3.05. The van der Waals surface area contributed by atoms with Crippen molar-refractivity contribution in [2.45, 2.75) is 50.9 Å². The van der Waals surface area contributed by atoms with Crippen LogP contribution in [0.15, 0.2) is 97.1 Å². The summed E-state index contributed by atoms with van der Waals surface area (Å²) >= 11 is 0. The Kier molecular flexibility index (Phi) is 11.3. The second-order valence-electron chi connectivity index (χ2n) is 13.7. The minimum absolute atomic E-state index is 0.121. The van der Waals surface area contributed by atoms with Gasteiger partial charge in [-0.15, -0.1) is 0 Å². The van der Waals surface area contributed by atoms with E-state index in [9.17, 15) is 19.2 Å². The molecule has 10 nitrogen and oxygen atoms in total. The van der Waals surface area contributed by atoms with Crippen molar-refractivity contribution < 1.29 is 23.9 Å². The van der Waals surface area contributed by atoms with E-state index in [1.165, 1.54) is 15.4 Å². The molecule has 0 aromatic heterocycles. The van der Waals surface area contributed by atoms with Crippen molar-refractivity contribution in [3.63, 3.8) is 0 Å². The van der Waals surface area contributed by atoms with Crippen LogP contribution in [-0.2, 0) is 25.5 Å². The van der Waals surface area contributed by atoms with Crippen LogP contribution in [0.4, 0.5) is 4.79 Å². The number of benzene rings is 3. The van der Waals surface area contributed by atoms with Crippen LogP contribution in [0.5, 0.6) is 0 Å². The number of nitrogens with zero attached hydrogens (tertiary/aromatic N) is 4. The van der Waals surface area contributed by atoms with Crippen molar-refractivity contribution in [2.24, 2.45) is 5.92 Å². The molecular weight excluding hydrogens is 630 g/mol. The molecule has 0 aliphatic carbocycles. The van der Waals surface area contributed by atoms with Gasteiger partial charge in [0.25, 0.3) is 0 Å². The van der Waals surface area contributed by atoms with Gasteiger partial charge in [0.1, 0.15) is 18.7 Å². The molecule has 262 valence electrons. The Hall–Kier alpha value is -4.96. The van der Waals surface area contributed by atoms with Gasteiger partial charge in [-0.05, 0) is 29.0 Å². The summed E-state index contributed by atoms with van der Waals surface area (Å²) in [6, 6.07) is 26.5. The molecule has 0 radical (unpaired) electrons. The van der Waals surface area contributed by atoms with E-state index in [1.54, 1.807) is 4.90 Å². The van der Waals surface area contributed by atoms with Crippen LogP contribution in [-0.4, -0.2) is 107 Å². The summed E-state index contributed by atoms with van der Waals surface area (Å²) in [6.45, 7) is 7.90. The summed E-state index contributed by atoms with van der Waals surface area (Å²) in [6.07, 6.45) is 3.97. The lowest BCUT2D eigenvalue weighted by molar-refractivity contribution is -0.167. The van der Waals surface area contributed by atoms with Crippen molar-refractivity contribution in [2.75, 3.05) is 45.9 Å². The van der Waals surface area contributed by atoms with Crippen LogP contribution in [0.25, 0.3) is 6.08 Å². The average molecular weight is 678 g/mol. The minimum Gasteiger partial charge on any atom is -0.447 e. The van der Waals surface area contributed by atoms with Gasteiger partial charge in [-0.1, -0.05) is 117 Å². The smallest absolute Gasteiger partial charge is 0.411 e. The maximum Gasteiger partial charge on any atom is 0.411 e. The normalized spacial score (nSPS) is 21.7. The number of carbonyl (C=O) groups is 4. The SMILES string of the molecule is CC(C)CNC(=O)C[C@@H](C(=O)N1CCN(CCc2ccccc2)CC1)N1C(=O)[C@@H](N2C(=O)OC[C@@H]2c2ccccc2)[C@H]1/C=C/c1ccccc1. The zero-order valence-electron chi connectivity index (χ0n) is 28.9. The first kappa shape index (κ1) is 34.9. The molecule has 3 aliphatic rings.